The van der Waals surface area contributed by atoms with Crippen molar-refractivity contribution in [1.29, 1.82) is 0 Å². The van der Waals surface area contributed by atoms with Gasteiger partial charge in [0.1, 0.15) is 11.4 Å². The van der Waals surface area contributed by atoms with E-state index in [1.807, 2.05) is 73.0 Å². The molecule has 0 bridgehead atoms. The number of anilines is 1. The maximum atomic E-state index is 13.1. The molecule has 0 aliphatic heterocycles. The van der Waals surface area contributed by atoms with Gasteiger partial charge in [0.25, 0.3) is 5.56 Å². The normalized spacial score (nSPS) is 11.8. The van der Waals surface area contributed by atoms with Crippen LogP contribution in [-0.2, 0) is 18.4 Å². The number of ether oxygens (including phenoxy) is 1. The fraction of sp³-hybridized carbons (Fsp3) is 0.259. The summed E-state index contributed by atoms with van der Waals surface area (Å²) in [6.07, 6.45) is 1.39. The van der Waals surface area contributed by atoms with Crippen molar-refractivity contribution in [2.75, 3.05) is 11.1 Å². The highest BCUT2D eigenvalue weighted by molar-refractivity contribution is 7.99. The molecule has 2 aromatic heterocycles. The van der Waals surface area contributed by atoms with Gasteiger partial charge < -0.3 is 10.1 Å². The summed E-state index contributed by atoms with van der Waals surface area (Å²) in [5.41, 5.74) is 2.50. The molecule has 1 amide bonds. The van der Waals surface area contributed by atoms with Gasteiger partial charge in [0, 0.05) is 13.6 Å². The molecule has 0 fully saturated rings. The second-order valence-corrected chi connectivity index (χ2v) is 9.53. The van der Waals surface area contributed by atoms with Crippen molar-refractivity contribution < 1.29 is 9.53 Å². The third-order valence-corrected chi connectivity index (χ3v) is 6.87. The van der Waals surface area contributed by atoms with Crippen LogP contribution in [0.5, 0.6) is 5.75 Å². The third kappa shape index (κ3) is 5.69. The number of hydrogen-bond donors (Lipinski definition) is 1. The van der Waals surface area contributed by atoms with Crippen LogP contribution in [0.15, 0.2) is 77.2 Å². The summed E-state index contributed by atoms with van der Waals surface area (Å²) in [6, 6.07) is 17.1. The molecule has 0 saturated carbocycles. The van der Waals surface area contributed by atoms with Crippen LogP contribution in [-0.4, -0.2) is 35.8 Å². The van der Waals surface area contributed by atoms with Gasteiger partial charge in [-0.3, -0.25) is 18.8 Å². The Hall–Kier alpha value is -4.05. The number of carbonyl (C=O) groups excluding carboxylic acids is 1. The number of rotatable bonds is 10. The van der Waals surface area contributed by atoms with Crippen molar-refractivity contribution in [2.24, 2.45) is 7.05 Å². The molecule has 0 aliphatic rings. The number of aromatic nitrogens is 5. The predicted octanol–water partition coefficient (Wildman–Crippen LogP) is 4.44. The smallest absolute Gasteiger partial charge is 0.295 e. The number of amides is 1. The van der Waals surface area contributed by atoms with Crippen molar-refractivity contribution >= 4 is 23.4 Å². The highest BCUT2D eigenvalue weighted by Crippen LogP contribution is 2.25. The van der Waals surface area contributed by atoms with Crippen LogP contribution in [0.4, 0.5) is 5.69 Å². The van der Waals surface area contributed by atoms with Crippen molar-refractivity contribution in [3.05, 3.63) is 94.7 Å². The molecule has 2 heterocycles. The van der Waals surface area contributed by atoms with Crippen LogP contribution in [0.2, 0.25) is 0 Å². The second kappa shape index (κ2) is 11.3. The molecule has 0 aliphatic carbocycles. The molecule has 192 valence electrons. The first kappa shape index (κ1) is 26.0. The number of hydrogen-bond acceptors (Lipinski definition) is 6. The number of carbonyl (C=O) groups is 1. The maximum Gasteiger partial charge on any atom is 0.295 e. The maximum absolute atomic E-state index is 13.1. The lowest BCUT2D eigenvalue weighted by molar-refractivity contribution is -0.113. The Morgan fingerprint density at radius 1 is 1.14 bits per heavy atom. The van der Waals surface area contributed by atoms with E-state index in [0.29, 0.717) is 23.2 Å². The molecule has 9 nitrogen and oxygen atoms in total. The lowest BCUT2D eigenvalue weighted by Gasteiger charge is -2.16. The Morgan fingerprint density at radius 3 is 2.51 bits per heavy atom. The summed E-state index contributed by atoms with van der Waals surface area (Å²) >= 11 is 1.24. The minimum atomic E-state index is -0.359. The highest BCUT2D eigenvalue weighted by Gasteiger charge is 2.21. The second-order valence-electron chi connectivity index (χ2n) is 8.59. The minimum Gasteiger partial charge on any atom is -0.483 e. The van der Waals surface area contributed by atoms with Crippen LogP contribution in [0.3, 0.4) is 0 Å². The summed E-state index contributed by atoms with van der Waals surface area (Å²) in [5, 5.41) is 11.9. The van der Waals surface area contributed by atoms with E-state index in [1.54, 1.807) is 24.7 Å². The first-order valence-electron chi connectivity index (χ1n) is 11.8. The van der Waals surface area contributed by atoms with Crippen molar-refractivity contribution in [1.82, 2.24) is 24.1 Å². The van der Waals surface area contributed by atoms with Gasteiger partial charge in [-0.15, -0.1) is 16.8 Å². The van der Waals surface area contributed by atoms with Crippen LogP contribution in [0.1, 0.15) is 30.1 Å². The molecule has 10 heteroatoms. The zero-order valence-corrected chi connectivity index (χ0v) is 22.2. The van der Waals surface area contributed by atoms with Gasteiger partial charge in [-0.05, 0) is 45.0 Å². The molecule has 0 radical (unpaired) electrons. The number of thioether (sulfide) groups is 1. The van der Waals surface area contributed by atoms with Gasteiger partial charge in [0.2, 0.25) is 5.91 Å². The Bertz CT molecular complexity index is 1450. The standard InChI is InChI=1S/C27H30N6O3S/c1-6-16-32-25(20(4)36-22-14-12-18(2)13-15-22)29-30-27(32)37-17-23(34)28-24-19(3)31(5)33(26(24)35)21-10-8-7-9-11-21/h6-15,20H,1,16-17H2,2-5H3,(H,28,34). The molecule has 0 spiro atoms. The Morgan fingerprint density at radius 2 is 1.84 bits per heavy atom. The van der Waals surface area contributed by atoms with Crippen molar-refractivity contribution in [2.45, 2.75) is 38.6 Å². The number of allylic oxidation sites excluding steroid dienone is 1. The number of nitrogens with zero attached hydrogens (tertiary/aromatic N) is 5. The van der Waals surface area contributed by atoms with Crippen molar-refractivity contribution in [3.8, 4) is 11.4 Å². The number of aryl methyl sites for hydroxylation is 1. The fourth-order valence-electron chi connectivity index (χ4n) is 3.90. The summed E-state index contributed by atoms with van der Waals surface area (Å²) in [6.45, 7) is 10.0. The van der Waals surface area contributed by atoms with Gasteiger partial charge in [0.05, 0.1) is 17.1 Å². The van der Waals surface area contributed by atoms with Crippen molar-refractivity contribution in [3.63, 3.8) is 0 Å². The number of benzene rings is 2. The summed E-state index contributed by atoms with van der Waals surface area (Å²) < 4.78 is 11.2. The number of para-hydroxylation sites is 1. The summed E-state index contributed by atoms with van der Waals surface area (Å²) in [5.74, 6) is 1.11. The monoisotopic (exact) mass is 518 g/mol. The zero-order chi connectivity index (χ0) is 26.5. The van der Waals surface area contributed by atoms with Gasteiger partial charge in [0.15, 0.2) is 17.1 Å². The lowest BCUT2D eigenvalue weighted by Crippen LogP contribution is -2.23. The molecular weight excluding hydrogens is 488 g/mol. The van der Waals surface area contributed by atoms with E-state index in [2.05, 4.69) is 22.1 Å². The quantitative estimate of drug-likeness (QED) is 0.246. The molecule has 1 unspecified atom stereocenters. The SMILES string of the molecule is C=CCn1c(SCC(=O)Nc2c(C)n(C)n(-c3ccccc3)c2=O)nnc1C(C)Oc1ccc(C)cc1. The third-order valence-electron chi connectivity index (χ3n) is 5.91. The van der Waals surface area contributed by atoms with Crippen LogP contribution in [0.25, 0.3) is 5.69 Å². The fourth-order valence-corrected chi connectivity index (χ4v) is 4.65. The molecule has 4 rings (SSSR count). The molecular formula is C27H30N6O3S. The van der Waals surface area contributed by atoms with Gasteiger partial charge in [-0.2, -0.15) is 0 Å². The average Bonchev–Trinajstić information content (AvgIpc) is 3.38. The van der Waals surface area contributed by atoms with E-state index in [0.717, 1.165) is 17.0 Å². The van der Waals surface area contributed by atoms with Gasteiger partial charge in [-0.1, -0.05) is 53.7 Å². The lowest BCUT2D eigenvalue weighted by atomic mass is 10.2. The Kier molecular flexibility index (Phi) is 7.98. The Balaban J connectivity index is 1.47. The molecule has 1 N–H and O–H groups in total. The largest absolute Gasteiger partial charge is 0.483 e. The Labute approximate surface area is 219 Å². The topological polar surface area (TPSA) is 96.0 Å². The molecule has 37 heavy (non-hydrogen) atoms. The van der Waals surface area contributed by atoms with Crippen LogP contribution < -0.4 is 15.6 Å². The summed E-state index contributed by atoms with van der Waals surface area (Å²) in [7, 11) is 1.78. The molecule has 0 saturated heterocycles. The summed E-state index contributed by atoms with van der Waals surface area (Å²) in [4.78, 5) is 25.9. The molecule has 4 aromatic rings. The van der Waals surface area contributed by atoms with E-state index >= 15 is 0 Å². The zero-order valence-electron chi connectivity index (χ0n) is 21.3. The molecule has 2 aromatic carbocycles. The van der Waals surface area contributed by atoms with E-state index in [4.69, 9.17) is 4.74 Å². The van der Waals surface area contributed by atoms with Gasteiger partial charge in [-0.25, -0.2) is 4.68 Å². The van der Waals surface area contributed by atoms with E-state index in [9.17, 15) is 9.59 Å². The first-order valence-corrected chi connectivity index (χ1v) is 12.8. The predicted molar refractivity (Wildman–Crippen MR) is 146 cm³/mol. The van der Waals surface area contributed by atoms with E-state index in [-0.39, 0.29) is 29.0 Å². The van der Waals surface area contributed by atoms with E-state index in [1.165, 1.54) is 16.4 Å². The van der Waals surface area contributed by atoms with E-state index < -0.39 is 0 Å². The first-order chi connectivity index (χ1) is 17.8. The van der Waals surface area contributed by atoms with Gasteiger partial charge >= 0.3 is 0 Å². The number of nitrogens with one attached hydrogen (secondary N) is 1. The molecule has 1 atom stereocenters. The van der Waals surface area contributed by atoms with Crippen LogP contribution >= 0.6 is 11.8 Å². The minimum absolute atomic E-state index is 0.0571. The van der Waals surface area contributed by atoms with Crippen LogP contribution in [0, 0.1) is 13.8 Å². The average molecular weight is 519 g/mol. The highest BCUT2D eigenvalue weighted by atomic mass is 32.2.